The van der Waals surface area contributed by atoms with Crippen LogP contribution in [0.2, 0.25) is 0 Å². The van der Waals surface area contributed by atoms with Gasteiger partial charge in [0, 0.05) is 0 Å². The Morgan fingerprint density at radius 2 is 1.72 bits per heavy atom. The van der Waals surface area contributed by atoms with Crippen molar-refractivity contribution in [1.29, 1.82) is 0 Å². The van der Waals surface area contributed by atoms with E-state index in [2.05, 4.69) is 20.8 Å². The van der Waals surface area contributed by atoms with E-state index in [1.165, 1.54) is 6.42 Å². The van der Waals surface area contributed by atoms with Gasteiger partial charge in [-0.3, -0.25) is 0 Å². The minimum atomic E-state index is -0.874. The van der Waals surface area contributed by atoms with Gasteiger partial charge in [0.15, 0.2) is 0 Å². The topological polar surface area (TPSA) is 23.1 Å². The average molecular weight is 268 g/mol. The Morgan fingerprint density at radius 3 is 2.17 bits per heavy atom. The minimum Gasteiger partial charge on any atom is -0.846 e. The van der Waals surface area contributed by atoms with Gasteiger partial charge >= 0.3 is 51.4 Å². The zero-order chi connectivity index (χ0) is 12.3. The van der Waals surface area contributed by atoms with Crippen LogP contribution in [0.5, 0.6) is 0 Å². The fraction of sp³-hybridized carbons (Fsp3) is 0.625. The van der Waals surface area contributed by atoms with Gasteiger partial charge in [0.2, 0.25) is 0 Å². The van der Waals surface area contributed by atoms with Gasteiger partial charge in [-0.25, -0.2) is 0 Å². The molecule has 0 N–H and O–H groups in total. The Bertz CT molecular complexity index is 442. The molecule has 3 atom stereocenters. The quantitative estimate of drug-likeness (QED) is 0.662. The molecule has 1 aromatic carbocycles. The van der Waals surface area contributed by atoms with Crippen molar-refractivity contribution in [2.45, 2.75) is 45.6 Å². The summed E-state index contributed by atoms with van der Waals surface area (Å²) in [6.07, 6.45) is 3.14. The first-order valence-electron chi connectivity index (χ1n) is 6.68. The number of hydrogen-bond donors (Lipinski definition) is 0. The second-order valence-electron chi connectivity index (χ2n) is 6.69. The zero-order valence-electron chi connectivity index (χ0n) is 12.0. The normalized spacial score (nSPS) is 40.6. The Labute approximate surface area is 153 Å². The van der Waals surface area contributed by atoms with E-state index in [1.807, 2.05) is 30.3 Å². The Hall–Kier alpha value is 0.816. The van der Waals surface area contributed by atoms with Gasteiger partial charge in [-0.15, -0.1) is 0 Å². The number of rotatable bonds is 1. The van der Waals surface area contributed by atoms with Crippen LogP contribution >= 0.6 is 0 Å². The summed E-state index contributed by atoms with van der Waals surface area (Å²) in [4.78, 5) is 0. The van der Waals surface area contributed by atoms with Gasteiger partial charge in [0.05, 0.1) is 0 Å². The molecular formula is C16H21KO. The van der Waals surface area contributed by atoms with Crippen LogP contribution in [0.25, 0.3) is 0 Å². The summed E-state index contributed by atoms with van der Waals surface area (Å²) >= 11 is 0. The monoisotopic (exact) mass is 268 g/mol. The van der Waals surface area contributed by atoms with Crippen molar-refractivity contribution in [3.63, 3.8) is 0 Å². The molecule has 0 aromatic heterocycles. The van der Waals surface area contributed by atoms with E-state index in [-0.39, 0.29) is 62.2 Å². The molecule has 0 spiro atoms. The number of fused-ring (bicyclic) bond motifs is 2. The molecule has 0 unspecified atom stereocenters. The third kappa shape index (κ3) is 1.70. The molecule has 18 heavy (non-hydrogen) atoms. The molecule has 1 nitrogen and oxygen atoms in total. The maximum atomic E-state index is 13.4. The van der Waals surface area contributed by atoms with E-state index < -0.39 is 5.60 Å². The van der Waals surface area contributed by atoms with E-state index in [0.29, 0.717) is 5.92 Å². The molecule has 1 aromatic rings. The van der Waals surface area contributed by atoms with E-state index in [9.17, 15) is 5.11 Å². The van der Waals surface area contributed by atoms with Crippen molar-refractivity contribution in [3.05, 3.63) is 35.9 Å². The minimum absolute atomic E-state index is 0. The third-order valence-electron chi connectivity index (χ3n) is 6.10. The molecule has 2 aliphatic rings. The first kappa shape index (κ1) is 15.2. The maximum Gasteiger partial charge on any atom is 1.00 e. The maximum absolute atomic E-state index is 13.4. The fourth-order valence-corrected chi connectivity index (χ4v) is 4.39. The largest absolute Gasteiger partial charge is 1.00 e. The van der Waals surface area contributed by atoms with Crippen LogP contribution < -0.4 is 56.5 Å². The van der Waals surface area contributed by atoms with Crippen molar-refractivity contribution < 1.29 is 56.5 Å². The smallest absolute Gasteiger partial charge is 0.846 e. The van der Waals surface area contributed by atoms with Crippen LogP contribution in [-0.2, 0) is 5.60 Å². The summed E-state index contributed by atoms with van der Waals surface area (Å²) < 4.78 is 0. The number of benzene rings is 1. The standard InChI is InChI=1S/C16H21O.K/c1-14(2)13-9-10-15(14,3)16(17,11-13)12-7-5-4-6-8-12;/h4-8,13H,9-11H2,1-3H3;/q-1;+1/t13-,15-,16+;/m1./s1. The van der Waals surface area contributed by atoms with E-state index in [0.717, 1.165) is 18.4 Å². The summed E-state index contributed by atoms with van der Waals surface area (Å²) in [7, 11) is 0. The van der Waals surface area contributed by atoms with Crippen molar-refractivity contribution in [2.24, 2.45) is 16.7 Å². The molecule has 2 bridgehead atoms. The summed E-state index contributed by atoms with van der Waals surface area (Å²) in [5.41, 5.74) is 0.217. The van der Waals surface area contributed by atoms with Gasteiger partial charge in [-0.05, 0) is 29.6 Å². The summed E-state index contributed by atoms with van der Waals surface area (Å²) in [5.74, 6) is 0.602. The molecule has 2 saturated carbocycles. The van der Waals surface area contributed by atoms with Gasteiger partial charge < -0.3 is 5.11 Å². The van der Waals surface area contributed by atoms with Crippen LogP contribution in [0.1, 0.15) is 45.6 Å². The van der Waals surface area contributed by atoms with Crippen molar-refractivity contribution >= 4 is 0 Å². The molecule has 0 amide bonds. The Balaban J connectivity index is 0.00000120. The molecule has 0 heterocycles. The summed E-state index contributed by atoms with van der Waals surface area (Å²) in [6.45, 7) is 6.82. The zero-order valence-corrected chi connectivity index (χ0v) is 15.1. The third-order valence-corrected chi connectivity index (χ3v) is 6.10. The molecule has 0 saturated heterocycles. The second-order valence-corrected chi connectivity index (χ2v) is 6.69. The molecule has 2 aliphatic carbocycles. The van der Waals surface area contributed by atoms with E-state index >= 15 is 0 Å². The average Bonchev–Trinajstić information content (AvgIpc) is 2.62. The summed E-state index contributed by atoms with van der Waals surface area (Å²) in [6, 6.07) is 10.0. The predicted octanol–water partition coefficient (Wildman–Crippen LogP) is 0.0924. The molecule has 2 heteroatoms. The van der Waals surface area contributed by atoms with Gasteiger partial charge in [0.25, 0.3) is 0 Å². The molecular weight excluding hydrogens is 247 g/mol. The molecule has 3 rings (SSSR count). The molecule has 92 valence electrons. The van der Waals surface area contributed by atoms with Crippen LogP contribution in [0.15, 0.2) is 30.3 Å². The van der Waals surface area contributed by atoms with Crippen LogP contribution in [0, 0.1) is 16.7 Å². The SMILES string of the molecule is CC1(C)[C@@H]2CC[C@@]1(C)[C@@]([O-])(c1ccccc1)C2.[K+]. The second kappa shape index (κ2) is 4.68. The van der Waals surface area contributed by atoms with E-state index in [1.54, 1.807) is 0 Å². The van der Waals surface area contributed by atoms with Gasteiger partial charge in [-0.1, -0.05) is 68.7 Å². The van der Waals surface area contributed by atoms with Gasteiger partial charge in [0.1, 0.15) is 0 Å². The summed E-state index contributed by atoms with van der Waals surface area (Å²) in [5, 5.41) is 13.4. The Morgan fingerprint density at radius 1 is 1.11 bits per heavy atom. The molecule has 0 aliphatic heterocycles. The first-order chi connectivity index (χ1) is 7.92. The first-order valence-corrected chi connectivity index (χ1v) is 6.68. The molecule has 2 fully saturated rings. The van der Waals surface area contributed by atoms with Crippen molar-refractivity contribution in [3.8, 4) is 0 Å². The van der Waals surface area contributed by atoms with Crippen LogP contribution in [0.4, 0.5) is 0 Å². The molecule has 0 radical (unpaired) electrons. The predicted molar refractivity (Wildman–Crippen MR) is 67.3 cm³/mol. The number of hydrogen-bond acceptors (Lipinski definition) is 1. The fourth-order valence-electron chi connectivity index (χ4n) is 4.39. The van der Waals surface area contributed by atoms with Crippen LogP contribution in [0.3, 0.4) is 0 Å². The van der Waals surface area contributed by atoms with Crippen LogP contribution in [-0.4, -0.2) is 0 Å². The van der Waals surface area contributed by atoms with Gasteiger partial charge in [-0.2, -0.15) is 0 Å². The van der Waals surface area contributed by atoms with Crippen molar-refractivity contribution in [2.75, 3.05) is 0 Å². The Kier molecular flexibility index (Phi) is 3.95. The van der Waals surface area contributed by atoms with E-state index in [4.69, 9.17) is 0 Å². The van der Waals surface area contributed by atoms with Crippen molar-refractivity contribution in [1.82, 2.24) is 0 Å².